The van der Waals surface area contributed by atoms with E-state index in [9.17, 15) is 31.5 Å². The van der Waals surface area contributed by atoms with Crippen LogP contribution in [0.1, 0.15) is 25.3 Å². The van der Waals surface area contributed by atoms with Gasteiger partial charge in [0.1, 0.15) is 5.82 Å². The largest absolute Gasteiger partial charge is 0.446 e. The number of ether oxygens (including phenoxy) is 1. The van der Waals surface area contributed by atoms with Crippen LogP contribution in [0.3, 0.4) is 0 Å². The van der Waals surface area contributed by atoms with E-state index in [1.807, 2.05) is 0 Å². The summed E-state index contributed by atoms with van der Waals surface area (Å²) >= 11 is 5.08. The molecule has 1 aliphatic rings. The predicted molar refractivity (Wildman–Crippen MR) is 120 cm³/mol. The molecule has 2 amide bonds. The second kappa shape index (κ2) is 11.1. The maximum absolute atomic E-state index is 14.2. The summed E-state index contributed by atoms with van der Waals surface area (Å²) in [6.07, 6.45) is 2.97. The molecule has 1 fully saturated rings. The molecular weight excluding hydrogens is 517 g/mol. The highest BCUT2D eigenvalue weighted by molar-refractivity contribution is 8.00. The molecule has 2 atom stereocenters. The molecule has 0 bridgehead atoms. The number of nitrogens with zero attached hydrogens (tertiary/aromatic N) is 2. The molecule has 1 N–H and O–H groups in total. The number of alkyl halides is 5. The zero-order chi connectivity index (χ0) is 25.8. The van der Waals surface area contributed by atoms with Crippen LogP contribution in [0.25, 0.3) is 0 Å². The van der Waals surface area contributed by atoms with Crippen molar-refractivity contribution in [2.45, 2.75) is 47.4 Å². The number of aromatic nitrogens is 1. The zero-order valence-corrected chi connectivity index (χ0v) is 19.9. The van der Waals surface area contributed by atoms with Crippen molar-refractivity contribution in [2.75, 3.05) is 18.1 Å². The normalized spacial score (nSPS) is 17.3. The first kappa shape index (κ1) is 27.2. The Hall–Kier alpha value is -2.44. The number of rotatable bonds is 7. The van der Waals surface area contributed by atoms with Crippen LogP contribution in [0, 0.1) is 5.82 Å². The molecule has 35 heavy (non-hydrogen) atoms. The second-order valence-electron chi connectivity index (χ2n) is 7.84. The Kier molecular flexibility index (Phi) is 8.60. The van der Waals surface area contributed by atoms with Crippen molar-refractivity contribution in [2.24, 2.45) is 0 Å². The predicted octanol–water partition coefficient (Wildman–Crippen LogP) is 4.91. The average Bonchev–Trinajstić information content (AvgIpc) is 2.79. The van der Waals surface area contributed by atoms with E-state index in [4.69, 9.17) is 16.3 Å². The third-order valence-electron chi connectivity index (χ3n) is 5.45. The van der Waals surface area contributed by atoms with Gasteiger partial charge in [0.25, 0.3) is 17.4 Å². The van der Waals surface area contributed by atoms with Gasteiger partial charge in [-0.05, 0) is 61.9 Å². The fourth-order valence-corrected chi connectivity index (χ4v) is 4.34. The lowest BCUT2D eigenvalue weighted by atomic mass is 9.88. The summed E-state index contributed by atoms with van der Waals surface area (Å²) < 4.78 is 71.8. The highest BCUT2D eigenvalue weighted by Crippen LogP contribution is 2.40. The maximum Gasteiger partial charge on any atom is 0.446 e. The first-order valence-corrected chi connectivity index (χ1v) is 11.6. The van der Waals surface area contributed by atoms with E-state index in [1.165, 1.54) is 6.92 Å². The SMILES string of the molecule is C[C@](C(=O)NC1CCOCC1)(c1cncc(F)c1)N(C(=O)[C@H](F)Cl)c1ccc(SC(F)(F)F)cc1. The van der Waals surface area contributed by atoms with Crippen LogP contribution < -0.4 is 10.2 Å². The average molecular weight is 538 g/mol. The van der Waals surface area contributed by atoms with E-state index in [0.29, 0.717) is 31.0 Å². The van der Waals surface area contributed by atoms with Crippen molar-refractivity contribution < 1.29 is 36.3 Å². The smallest absolute Gasteiger partial charge is 0.381 e. The molecule has 2 aromatic rings. The number of pyridine rings is 1. The first-order chi connectivity index (χ1) is 16.4. The third kappa shape index (κ3) is 6.62. The maximum atomic E-state index is 14.2. The highest BCUT2D eigenvalue weighted by atomic mass is 35.5. The number of nitrogens with one attached hydrogen (secondary N) is 1. The topological polar surface area (TPSA) is 71.5 Å². The molecule has 0 radical (unpaired) electrons. The Morgan fingerprint density at radius 3 is 2.37 bits per heavy atom. The van der Waals surface area contributed by atoms with Gasteiger partial charge in [0, 0.05) is 41.6 Å². The molecule has 1 aliphatic heterocycles. The molecule has 6 nitrogen and oxygen atoms in total. The summed E-state index contributed by atoms with van der Waals surface area (Å²) in [5, 5.41) is 2.78. The number of amides is 2. The van der Waals surface area contributed by atoms with Gasteiger partial charge in [-0.1, -0.05) is 11.6 Å². The van der Waals surface area contributed by atoms with Crippen molar-refractivity contribution in [1.29, 1.82) is 0 Å². The van der Waals surface area contributed by atoms with Crippen LogP contribution in [0.15, 0.2) is 47.6 Å². The molecule has 0 aliphatic carbocycles. The quantitative estimate of drug-likeness (QED) is 0.309. The number of hydrogen-bond acceptors (Lipinski definition) is 5. The minimum atomic E-state index is -4.55. The van der Waals surface area contributed by atoms with E-state index in [-0.39, 0.29) is 34.0 Å². The monoisotopic (exact) mass is 537 g/mol. The number of halogens is 6. The molecule has 1 aromatic carbocycles. The number of carbonyl (C=O) groups is 2. The van der Waals surface area contributed by atoms with E-state index in [1.54, 1.807) is 0 Å². The van der Waals surface area contributed by atoms with E-state index >= 15 is 0 Å². The fraction of sp³-hybridized carbons (Fsp3) is 0.409. The number of thioether (sulfide) groups is 1. The van der Waals surface area contributed by atoms with E-state index in [2.05, 4.69) is 10.3 Å². The molecule has 3 rings (SSSR count). The van der Waals surface area contributed by atoms with Crippen LogP contribution in [0.5, 0.6) is 0 Å². The van der Waals surface area contributed by atoms with Gasteiger partial charge in [-0.15, -0.1) is 0 Å². The highest BCUT2D eigenvalue weighted by Gasteiger charge is 2.47. The standard InChI is InChI=1S/C22H21ClF5N3O3S/c1-21(13-10-14(24)12-29-11-13,20(33)30-15-6-8-34-9-7-15)31(19(32)18(23)25)16-2-4-17(5-3-16)35-22(26,27)28/h2-5,10-12,15,18H,6-9H2,1H3,(H,30,33)/t18-,21+/m0/s1. The van der Waals surface area contributed by atoms with Crippen molar-refractivity contribution in [1.82, 2.24) is 10.3 Å². The van der Waals surface area contributed by atoms with Gasteiger partial charge in [0.2, 0.25) is 0 Å². The van der Waals surface area contributed by atoms with Crippen LogP contribution >= 0.6 is 23.4 Å². The number of hydrogen-bond donors (Lipinski definition) is 1. The van der Waals surface area contributed by atoms with Crippen molar-refractivity contribution in [3.63, 3.8) is 0 Å². The first-order valence-electron chi connectivity index (χ1n) is 10.4. The molecule has 2 heterocycles. The Balaban J connectivity index is 2.11. The van der Waals surface area contributed by atoms with Gasteiger partial charge < -0.3 is 10.1 Å². The van der Waals surface area contributed by atoms with Crippen LogP contribution in [0.2, 0.25) is 0 Å². The number of benzene rings is 1. The third-order valence-corrected chi connectivity index (χ3v) is 6.37. The summed E-state index contributed by atoms with van der Waals surface area (Å²) in [6.45, 7) is 2.03. The summed E-state index contributed by atoms with van der Waals surface area (Å²) in [5.41, 5.74) is -9.44. The van der Waals surface area contributed by atoms with Crippen molar-refractivity contribution in [3.8, 4) is 0 Å². The molecular formula is C22H21ClF5N3O3S. The number of carbonyl (C=O) groups excluding carboxylic acids is 2. The summed E-state index contributed by atoms with van der Waals surface area (Å²) in [6, 6.07) is 5.00. The Morgan fingerprint density at radius 1 is 1.20 bits per heavy atom. The minimum absolute atomic E-state index is 0.0959. The summed E-state index contributed by atoms with van der Waals surface area (Å²) in [5.74, 6) is -2.97. The van der Waals surface area contributed by atoms with Gasteiger partial charge in [-0.25, -0.2) is 8.78 Å². The van der Waals surface area contributed by atoms with Gasteiger partial charge in [0.05, 0.1) is 6.20 Å². The van der Waals surface area contributed by atoms with Crippen molar-refractivity contribution >= 4 is 40.9 Å². The van der Waals surface area contributed by atoms with Crippen molar-refractivity contribution in [3.05, 3.63) is 54.1 Å². The molecule has 0 spiro atoms. The molecule has 0 unspecified atom stereocenters. The lowest BCUT2D eigenvalue weighted by Crippen LogP contribution is -2.60. The molecule has 13 heteroatoms. The fourth-order valence-electron chi connectivity index (χ4n) is 3.71. The Morgan fingerprint density at radius 2 is 1.83 bits per heavy atom. The Labute approximate surface area is 207 Å². The lowest BCUT2D eigenvalue weighted by Gasteiger charge is -2.41. The number of anilines is 1. The summed E-state index contributed by atoms with van der Waals surface area (Å²) in [7, 11) is 0. The molecule has 1 saturated heterocycles. The van der Waals surface area contributed by atoms with E-state index in [0.717, 1.165) is 42.7 Å². The molecule has 1 aromatic heterocycles. The summed E-state index contributed by atoms with van der Waals surface area (Å²) in [4.78, 5) is 30.9. The van der Waals surface area contributed by atoms with Gasteiger partial charge in [-0.2, -0.15) is 13.2 Å². The van der Waals surface area contributed by atoms with Crippen LogP contribution in [0.4, 0.5) is 27.6 Å². The molecule has 190 valence electrons. The second-order valence-corrected chi connectivity index (χ2v) is 9.36. The minimum Gasteiger partial charge on any atom is -0.381 e. The zero-order valence-electron chi connectivity index (χ0n) is 18.3. The van der Waals surface area contributed by atoms with Gasteiger partial charge >= 0.3 is 5.51 Å². The van der Waals surface area contributed by atoms with E-state index < -0.39 is 34.3 Å². The molecule has 0 saturated carbocycles. The Bertz CT molecular complexity index is 1050. The van der Waals surface area contributed by atoms with Gasteiger partial charge in [0.15, 0.2) is 5.54 Å². The van der Waals surface area contributed by atoms with Gasteiger partial charge in [-0.3, -0.25) is 19.5 Å². The lowest BCUT2D eigenvalue weighted by molar-refractivity contribution is -0.132. The van der Waals surface area contributed by atoms with Crippen LogP contribution in [-0.2, 0) is 19.9 Å². The van der Waals surface area contributed by atoms with Crippen LogP contribution in [-0.4, -0.2) is 47.2 Å².